The van der Waals surface area contributed by atoms with Gasteiger partial charge in [-0.05, 0) is 33.8 Å². The Morgan fingerprint density at radius 1 is 1.16 bits per heavy atom. The van der Waals surface area contributed by atoms with Crippen LogP contribution in [0.1, 0.15) is 58.2 Å². The summed E-state index contributed by atoms with van der Waals surface area (Å²) in [6, 6.07) is 4.26. The van der Waals surface area contributed by atoms with Crippen LogP contribution in [0.4, 0.5) is 0 Å². The Hall–Kier alpha value is -0.810. The summed E-state index contributed by atoms with van der Waals surface area (Å²) in [7, 11) is 0. The molecule has 0 aliphatic carbocycles. The van der Waals surface area contributed by atoms with Gasteiger partial charge in [-0.15, -0.1) is 23.5 Å². The van der Waals surface area contributed by atoms with Crippen LogP contribution in [-0.4, -0.2) is 39.2 Å². The number of rotatable bonds is 4. The monoisotopic (exact) mass is 381 g/mol. The van der Waals surface area contributed by atoms with Gasteiger partial charge >= 0.3 is 0 Å². The number of hydrogen-bond donors (Lipinski definition) is 1. The molecule has 1 fully saturated rings. The van der Waals surface area contributed by atoms with E-state index in [0.717, 1.165) is 23.4 Å². The molecule has 0 spiro atoms. The van der Waals surface area contributed by atoms with Crippen molar-refractivity contribution in [2.75, 3.05) is 17.9 Å². The highest BCUT2D eigenvalue weighted by molar-refractivity contribution is 8.01. The van der Waals surface area contributed by atoms with Crippen molar-refractivity contribution < 1.29 is 9.90 Å². The van der Waals surface area contributed by atoms with E-state index in [1.807, 2.05) is 11.2 Å². The Morgan fingerprint density at radius 2 is 1.68 bits per heavy atom. The number of amides is 1. The molecule has 1 heterocycles. The van der Waals surface area contributed by atoms with E-state index in [9.17, 15) is 9.90 Å². The van der Waals surface area contributed by atoms with Crippen LogP contribution in [-0.2, 0) is 22.0 Å². The standard InChI is InChI=1S/C20H31NO2S2/c1-19(2,3)14-8-13(9-15(18(14)23)20(4,5)6)10-17-21(12-24-7)16(22)11-25-17/h8-9,17,23H,10-12H2,1-7H3. The first-order chi connectivity index (χ1) is 11.4. The predicted molar refractivity (Wildman–Crippen MR) is 111 cm³/mol. The van der Waals surface area contributed by atoms with Gasteiger partial charge in [-0.1, -0.05) is 53.7 Å². The molecule has 2 rings (SSSR count). The van der Waals surface area contributed by atoms with Crippen LogP contribution in [0.3, 0.4) is 0 Å². The summed E-state index contributed by atoms with van der Waals surface area (Å²) in [4.78, 5) is 14.1. The van der Waals surface area contributed by atoms with E-state index >= 15 is 0 Å². The number of benzene rings is 1. The second kappa shape index (κ2) is 7.43. The molecule has 3 nitrogen and oxygen atoms in total. The summed E-state index contributed by atoms with van der Waals surface area (Å²) in [5.74, 6) is 1.96. The zero-order valence-electron chi connectivity index (χ0n) is 16.5. The number of carbonyl (C=O) groups is 1. The minimum Gasteiger partial charge on any atom is -0.507 e. The molecular formula is C20H31NO2S2. The molecule has 0 radical (unpaired) electrons. The summed E-state index contributed by atoms with van der Waals surface area (Å²) in [5, 5.41) is 11.0. The summed E-state index contributed by atoms with van der Waals surface area (Å²) in [6.07, 6.45) is 2.85. The molecule has 1 saturated heterocycles. The second-order valence-corrected chi connectivity index (χ2v) is 10.8. The Bertz CT molecular complexity index is 609. The van der Waals surface area contributed by atoms with Gasteiger partial charge in [-0.2, -0.15) is 0 Å². The van der Waals surface area contributed by atoms with Crippen molar-refractivity contribution in [2.45, 2.75) is 64.2 Å². The van der Waals surface area contributed by atoms with Crippen LogP contribution in [0.15, 0.2) is 12.1 Å². The minimum atomic E-state index is -0.127. The van der Waals surface area contributed by atoms with Gasteiger partial charge in [0.1, 0.15) is 5.75 Å². The van der Waals surface area contributed by atoms with E-state index in [1.165, 1.54) is 5.56 Å². The fourth-order valence-electron chi connectivity index (χ4n) is 3.12. The normalized spacial score (nSPS) is 18.9. The smallest absolute Gasteiger partial charge is 0.234 e. The molecule has 1 aliphatic heterocycles. The maximum absolute atomic E-state index is 12.1. The predicted octanol–water partition coefficient (Wildman–Crippen LogP) is 4.75. The van der Waals surface area contributed by atoms with Gasteiger partial charge in [-0.3, -0.25) is 4.79 Å². The number of phenolic OH excluding ortho intramolecular Hbond substituents is 1. The van der Waals surface area contributed by atoms with Crippen LogP contribution < -0.4 is 0 Å². The van der Waals surface area contributed by atoms with Crippen molar-refractivity contribution in [3.63, 3.8) is 0 Å². The molecule has 1 aliphatic rings. The van der Waals surface area contributed by atoms with Crippen molar-refractivity contribution >= 4 is 29.4 Å². The maximum Gasteiger partial charge on any atom is 0.234 e. The zero-order valence-corrected chi connectivity index (χ0v) is 18.1. The lowest BCUT2D eigenvalue weighted by molar-refractivity contribution is -0.126. The van der Waals surface area contributed by atoms with E-state index in [4.69, 9.17) is 0 Å². The lowest BCUT2D eigenvalue weighted by Crippen LogP contribution is -2.33. The van der Waals surface area contributed by atoms with Gasteiger partial charge in [0.15, 0.2) is 0 Å². The molecule has 0 bridgehead atoms. The van der Waals surface area contributed by atoms with Gasteiger partial charge in [-0.25, -0.2) is 0 Å². The van der Waals surface area contributed by atoms with Crippen molar-refractivity contribution in [1.29, 1.82) is 0 Å². The van der Waals surface area contributed by atoms with Crippen LogP contribution in [0.25, 0.3) is 0 Å². The second-order valence-electron chi connectivity index (χ2n) is 8.79. The lowest BCUT2D eigenvalue weighted by atomic mass is 9.78. The number of aromatic hydroxyl groups is 1. The summed E-state index contributed by atoms with van der Waals surface area (Å²) in [5.41, 5.74) is 2.92. The van der Waals surface area contributed by atoms with Gasteiger partial charge in [0.2, 0.25) is 5.91 Å². The Kier molecular flexibility index (Phi) is 6.10. The minimum absolute atomic E-state index is 0.127. The van der Waals surface area contributed by atoms with E-state index < -0.39 is 0 Å². The molecule has 140 valence electrons. The average molecular weight is 382 g/mol. The number of phenols is 1. The third-order valence-corrected chi connectivity index (χ3v) is 6.29. The quantitative estimate of drug-likeness (QED) is 0.817. The summed E-state index contributed by atoms with van der Waals surface area (Å²) >= 11 is 3.41. The molecule has 1 unspecified atom stereocenters. The largest absolute Gasteiger partial charge is 0.507 e. The number of thioether (sulfide) groups is 2. The van der Waals surface area contributed by atoms with Gasteiger partial charge in [0.05, 0.1) is 17.0 Å². The highest BCUT2D eigenvalue weighted by Crippen LogP contribution is 2.41. The number of hydrogen-bond acceptors (Lipinski definition) is 4. The van der Waals surface area contributed by atoms with Crippen LogP contribution in [0.5, 0.6) is 5.75 Å². The van der Waals surface area contributed by atoms with E-state index in [2.05, 4.69) is 53.7 Å². The molecular weight excluding hydrogens is 350 g/mol. The van der Waals surface area contributed by atoms with Crippen molar-refractivity contribution in [3.05, 3.63) is 28.8 Å². The molecule has 0 aromatic heterocycles. The topological polar surface area (TPSA) is 40.5 Å². The molecule has 0 saturated carbocycles. The van der Waals surface area contributed by atoms with E-state index in [0.29, 0.717) is 11.5 Å². The first-order valence-electron chi connectivity index (χ1n) is 8.72. The van der Waals surface area contributed by atoms with Crippen LogP contribution >= 0.6 is 23.5 Å². The molecule has 5 heteroatoms. The molecule has 25 heavy (non-hydrogen) atoms. The van der Waals surface area contributed by atoms with E-state index in [-0.39, 0.29) is 22.1 Å². The Morgan fingerprint density at radius 3 is 2.12 bits per heavy atom. The first kappa shape index (κ1) is 20.5. The van der Waals surface area contributed by atoms with Crippen molar-refractivity contribution in [3.8, 4) is 5.75 Å². The Balaban J connectivity index is 2.43. The first-order valence-corrected chi connectivity index (χ1v) is 11.2. The highest BCUT2D eigenvalue weighted by atomic mass is 32.2. The molecule has 1 aromatic rings. The van der Waals surface area contributed by atoms with Gasteiger partial charge < -0.3 is 10.0 Å². The fourth-order valence-corrected chi connectivity index (χ4v) is 5.00. The molecule has 1 amide bonds. The highest BCUT2D eigenvalue weighted by Gasteiger charge is 2.32. The molecule has 1 N–H and O–H groups in total. The molecule has 1 aromatic carbocycles. The SMILES string of the molecule is CSCN1C(=O)CSC1Cc1cc(C(C)(C)C)c(O)c(C(C)(C)C)c1. The third-order valence-electron chi connectivity index (χ3n) is 4.53. The van der Waals surface area contributed by atoms with Gasteiger partial charge in [0.25, 0.3) is 0 Å². The fraction of sp³-hybridized carbons (Fsp3) is 0.650. The Labute approximate surface area is 160 Å². The van der Waals surface area contributed by atoms with Crippen LogP contribution in [0, 0.1) is 0 Å². The lowest BCUT2D eigenvalue weighted by Gasteiger charge is -2.29. The number of nitrogens with zero attached hydrogens (tertiary/aromatic N) is 1. The van der Waals surface area contributed by atoms with Gasteiger partial charge in [0, 0.05) is 6.42 Å². The average Bonchev–Trinajstić information content (AvgIpc) is 2.80. The van der Waals surface area contributed by atoms with Crippen LogP contribution in [0.2, 0.25) is 0 Å². The zero-order chi connectivity index (χ0) is 19.0. The van der Waals surface area contributed by atoms with Crippen molar-refractivity contribution in [2.24, 2.45) is 0 Å². The molecule has 1 atom stereocenters. The summed E-state index contributed by atoms with van der Waals surface area (Å²) in [6.45, 7) is 12.8. The maximum atomic E-state index is 12.1. The van der Waals surface area contributed by atoms with Crippen molar-refractivity contribution in [1.82, 2.24) is 4.90 Å². The van der Waals surface area contributed by atoms with E-state index in [1.54, 1.807) is 23.5 Å². The number of carbonyl (C=O) groups excluding carboxylic acids is 1. The third kappa shape index (κ3) is 4.68. The summed E-state index contributed by atoms with van der Waals surface area (Å²) < 4.78 is 0.